The minimum Gasteiger partial charge on any atom is -0.397 e. The van der Waals surface area contributed by atoms with Crippen molar-refractivity contribution in [3.8, 4) is 0 Å². The van der Waals surface area contributed by atoms with Gasteiger partial charge in [-0.15, -0.1) is 11.3 Å². The fraction of sp³-hybridized carbons (Fsp3) is 0.100. The molecule has 0 saturated carbocycles. The summed E-state index contributed by atoms with van der Waals surface area (Å²) in [4.78, 5) is 4.07. The topological polar surface area (TPSA) is 77.0 Å². The summed E-state index contributed by atoms with van der Waals surface area (Å²) in [7, 11) is 0. The number of aromatic nitrogens is 1. The molecule has 0 fully saturated rings. The molecule has 0 saturated heterocycles. The first-order valence-corrected chi connectivity index (χ1v) is 6.05. The Morgan fingerprint density at radius 3 is 2.82 bits per heavy atom. The fourth-order valence-electron chi connectivity index (χ4n) is 1.35. The zero-order valence-electron chi connectivity index (χ0n) is 8.71. The number of benzene rings is 1. The summed E-state index contributed by atoms with van der Waals surface area (Å²) in [6.07, 6.45) is 0. The second kappa shape index (κ2) is 4.77. The standard InChI is InChI=1S/C10H10ClFN4S/c11-8-6(13)1-7(14)10(9(8)12)15-2-5-3-17-4-16-5/h1,3-4,15H,2,13-14H2. The average Bonchev–Trinajstić information content (AvgIpc) is 2.79. The van der Waals surface area contributed by atoms with E-state index < -0.39 is 5.82 Å². The SMILES string of the molecule is Nc1cc(N)c(NCc2cscn2)c(F)c1Cl. The van der Waals surface area contributed by atoms with E-state index in [0.717, 1.165) is 5.69 Å². The summed E-state index contributed by atoms with van der Waals surface area (Å²) in [5.41, 5.74) is 14.2. The van der Waals surface area contributed by atoms with Crippen LogP contribution in [0, 0.1) is 5.82 Å². The molecule has 2 aromatic rings. The van der Waals surface area contributed by atoms with Gasteiger partial charge < -0.3 is 16.8 Å². The molecule has 0 atom stereocenters. The molecule has 4 nitrogen and oxygen atoms in total. The molecule has 90 valence electrons. The number of hydrogen-bond acceptors (Lipinski definition) is 5. The highest BCUT2D eigenvalue weighted by molar-refractivity contribution is 7.07. The molecule has 0 amide bonds. The Bertz CT molecular complexity index is 530. The zero-order chi connectivity index (χ0) is 12.4. The smallest absolute Gasteiger partial charge is 0.169 e. The van der Waals surface area contributed by atoms with Crippen molar-refractivity contribution in [2.45, 2.75) is 6.54 Å². The summed E-state index contributed by atoms with van der Waals surface area (Å²) < 4.78 is 13.8. The van der Waals surface area contributed by atoms with Gasteiger partial charge in [0.2, 0.25) is 0 Å². The van der Waals surface area contributed by atoms with Crippen molar-refractivity contribution in [2.75, 3.05) is 16.8 Å². The van der Waals surface area contributed by atoms with Crippen molar-refractivity contribution in [1.29, 1.82) is 0 Å². The number of nitrogens with zero attached hydrogens (tertiary/aromatic N) is 1. The maximum Gasteiger partial charge on any atom is 0.169 e. The summed E-state index contributed by atoms with van der Waals surface area (Å²) in [5, 5.41) is 4.59. The third-order valence-corrected chi connectivity index (χ3v) is 3.21. The molecule has 0 unspecified atom stereocenters. The highest BCUT2D eigenvalue weighted by atomic mass is 35.5. The highest BCUT2D eigenvalue weighted by Gasteiger charge is 2.14. The van der Waals surface area contributed by atoms with Crippen LogP contribution in [0.2, 0.25) is 5.02 Å². The van der Waals surface area contributed by atoms with Gasteiger partial charge in [-0.25, -0.2) is 9.37 Å². The molecule has 0 aliphatic carbocycles. The van der Waals surface area contributed by atoms with E-state index in [-0.39, 0.29) is 22.1 Å². The third-order valence-electron chi connectivity index (χ3n) is 2.20. The van der Waals surface area contributed by atoms with E-state index in [0.29, 0.717) is 6.54 Å². The first-order valence-electron chi connectivity index (χ1n) is 4.73. The van der Waals surface area contributed by atoms with Crippen LogP contribution in [0.3, 0.4) is 0 Å². The number of nitrogens with two attached hydrogens (primary N) is 2. The lowest BCUT2D eigenvalue weighted by molar-refractivity contribution is 0.631. The Morgan fingerprint density at radius 1 is 1.41 bits per heavy atom. The average molecular weight is 273 g/mol. The molecule has 0 radical (unpaired) electrons. The lowest BCUT2D eigenvalue weighted by Crippen LogP contribution is -2.06. The predicted octanol–water partition coefficient (Wildman–Crippen LogP) is 2.71. The van der Waals surface area contributed by atoms with Gasteiger partial charge in [-0.1, -0.05) is 11.6 Å². The van der Waals surface area contributed by atoms with Gasteiger partial charge in [0.05, 0.1) is 34.8 Å². The van der Waals surface area contributed by atoms with Gasteiger partial charge in [-0.05, 0) is 6.07 Å². The molecule has 5 N–H and O–H groups in total. The van der Waals surface area contributed by atoms with E-state index in [1.807, 2.05) is 5.38 Å². The number of halogens is 2. The van der Waals surface area contributed by atoms with Gasteiger partial charge in [-0.2, -0.15) is 0 Å². The molecule has 0 aliphatic rings. The molecule has 1 heterocycles. The lowest BCUT2D eigenvalue weighted by Gasteiger charge is -2.12. The molecule has 0 bridgehead atoms. The monoisotopic (exact) mass is 272 g/mol. The maximum atomic E-state index is 13.8. The van der Waals surface area contributed by atoms with Crippen LogP contribution in [-0.4, -0.2) is 4.98 Å². The molecule has 0 aliphatic heterocycles. The number of nitrogen functional groups attached to an aromatic ring is 2. The fourth-order valence-corrected chi connectivity index (χ4v) is 2.06. The van der Waals surface area contributed by atoms with Gasteiger partial charge >= 0.3 is 0 Å². The van der Waals surface area contributed by atoms with E-state index >= 15 is 0 Å². The predicted molar refractivity (Wildman–Crippen MR) is 69.7 cm³/mol. The molecule has 1 aromatic carbocycles. The molecule has 7 heteroatoms. The Labute approximate surface area is 106 Å². The number of nitrogens with one attached hydrogen (secondary N) is 1. The number of anilines is 3. The van der Waals surface area contributed by atoms with Crippen LogP contribution in [-0.2, 0) is 6.54 Å². The molecule has 0 spiro atoms. The van der Waals surface area contributed by atoms with Crippen LogP contribution >= 0.6 is 22.9 Å². The van der Waals surface area contributed by atoms with Crippen molar-refractivity contribution in [3.05, 3.63) is 33.5 Å². The van der Waals surface area contributed by atoms with Crippen LogP contribution in [0.4, 0.5) is 21.5 Å². The Balaban J connectivity index is 2.24. The van der Waals surface area contributed by atoms with Gasteiger partial charge in [-0.3, -0.25) is 0 Å². The van der Waals surface area contributed by atoms with Crippen molar-refractivity contribution in [1.82, 2.24) is 4.98 Å². The quantitative estimate of drug-likeness (QED) is 0.751. The van der Waals surface area contributed by atoms with Crippen LogP contribution in [0.5, 0.6) is 0 Å². The maximum absolute atomic E-state index is 13.8. The Hall–Kier alpha value is -1.53. The molecule has 2 rings (SSSR count). The lowest BCUT2D eigenvalue weighted by atomic mass is 10.2. The van der Waals surface area contributed by atoms with Crippen molar-refractivity contribution in [2.24, 2.45) is 0 Å². The molecule has 17 heavy (non-hydrogen) atoms. The third kappa shape index (κ3) is 2.42. The molecule has 1 aromatic heterocycles. The van der Waals surface area contributed by atoms with E-state index in [4.69, 9.17) is 23.1 Å². The summed E-state index contributed by atoms with van der Waals surface area (Å²) in [6, 6.07) is 1.43. The van der Waals surface area contributed by atoms with E-state index in [2.05, 4.69) is 10.3 Å². The second-order valence-corrected chi connectivity index (χ2v) is 4.49. The first kappa shape index (κ1) is 11.9. The van der Waals surface area contributed by atoms with Crippen molar-refractivity contribution >= 4 is 40.0 Å². The number of thiazole rings is 1. The van der Waals surface area contributed by atoms with E-state index in [1.54, 1.807) is 5.51 Å². The first-order chi connectivity index (χ1) is 8.09. The van der Waals surface area contributed by atoms with E-state index in [9.17, 15) is 4.39 Å². The highest BCUT2D eigenvalue weighted by Crippen LogP contribution is 2.33. The largest absolute Gasteiger partial charge is 0.397 e. The minimum atomic E-state index is -0.639. The van der Waals surface area contributed by atoms with Crippen LogP contribution in [0.25, 0.3) is 0 Å². The Morgan fingerprint density at radius 2 is 2.18 bits per heavy atom. The van der Waals surface area contributed by atoms with Gasteiger partial charge in [0.25, 0.3) is 0 Å². The molecular formula is C10H10ClFN4S. The normalized spacial score (nSPS) is 10.5. The van der Waals surface area contributed by atoms with Gasteiger partial charge in [0.1, 0.15) is 5.02 Å². The second-order valence-electron chi connectivity index (χ2n) is 3.39. The molecular weight excluding hydrogens is 263 g/mol. The minimum absolute atomic E-state index is 0.125. The number of hydrogen-bond donors (Lipinski definition) is 3. The summed E-state index contributed by atoms with van der Waals surface area (Å²) in [6.45, 7) is 0.380. The summed E-state index contributed by atoms with van der Waals surface area (Å²) >= 11 is 7.17. The number of rotatable bonds is 3. The van der Waals surface area contributed by atoms with Crippen molar-refractivity contribution < 1.29 is 4.39 Å². The van der Waals surface area contributed by atoms with Crippen LogP contribution in [0.15, 0.2) is 17.0 Å². The van der Waals surface area contributed by atoms with E-state index in [1.165, 1.54) is 17.4 Å². The Kier molecular flexibility index (Phi) is 3.35. The van der Waals surface area contributed by atoms with Crippen molar-refractivity contribution in [3.63, 3.8) is 0 Å². The van der Waals surface area contributed by atoms with Crippen LogP contribution in [0.1, 0.15) is 5.69 Å². The van der Waals surface area contributed by atoms with Crippen LogP contribution < -0.4 is 16.8 Å². The van der Waals surface area contributed by atoms with Gasteiger partial charge in [0.15, 0.2) is 5.82 Å². The van der Waals surface area contributed by atoms with Gasteiger partial charge in [0, 0.05) is 5.38 Å². The zero-order valence-corrected chi connectivity index (χ0v) is 10.3. The summed E-state index contributed by atoms with van der Waals surface area (Å²) in [5.74, 6) is -0.639.